The van der Waals surface area contributed by atoms with Gasteiger partial charge in [0.25, 0.3) is 0 Å². The number of carboxylic acid groups (broad SMARTS) is 2. The van der Waals surface area contributed by atoms with Crippen molar-refractivity contribution in [2.24, 2.45) is 23.7 Å². The van der Waals surface area contributed by atoms with Gasteiger partial charge in [-0.25, -0.2) is 0 Å². The van der Waals surface area contributed by atoms with E-state index in [0.29, 0.717) is 25.7 Å². The van der Waals surface area contributed by atoms with Gasteiger partial charge in [0.15, 0.2) is 0 Å². The fourth-order valence-electron chi connectivity index (χ4n) is 6.70. The molecule has 0 radical (unpaired) electrons. The summed E-state index contributed by atoms with van der Waals surface area (Å²) in [6.45, 7) is 22.4. The van der Waals surface area contributed by atoms with E-state index in [1.807, 2.05) is 0 Å². The number of rotatable bonds is 36. The van der Waals surface area contributed by atoms with Crippen LogP contribution in [0, 0.1) is 23.7 Å². The van der Waals surface area contributed by atoms with Gasteiger partial charge in [0, 0.05) is 0 Å². The van der Waals surface area contributed by atoms with E-state index in [0.717, 1.165) is 75.0 Å². The normalized spacial score (nSPS) is 11.8. The van der Waals surface area contributed by atoms with Crippen LogP contribution in [0.3, 0.4) is 0 Å². The topological polar surface area (TPSA) is 80.3 Å². The number of carboxylic acids is 2. The maximum absolute atomic E-state index is 11.4. The number of hydrogen-bond acceptors (Lipinski definition) is 6. The van der Waals surface area contributed by atoms with Gasteiger partial charge >= 0.3 is 95.2 Å². The SMILES string of the molecule is CC(C)CCCCCC(S)(CCCCCC(C)C)C(=O)[O-].CC(C)CCCCCC(S)(CCCCCC(C)C)C(=O)[O-].CCCCCCC[CH2][Sn+2][CH2]CCC. The number of carbonyl (C=O) groups excluding carboxylic acids is 2. The Morgan fingerprint density at radius 1 is 0.418 bits per heavy atom. The summed E-state index contributed by atoms with van der Waals surface area (Å²) >= 11 is 8.99. The molecule has 0 saturated carbocycles. The predicted octanol–water partition coefficient (Wildman–Crippen LogP) is 13.9. The van der Waals surface area contributed by atoms with Crippen molar-refractivity contribution in [2.45, 2.75) is 267 Å². The van der Waals surface area contributed by atoms with Crippen LogP contribution in [-0.4, -0.2) is 42.6 Å². The molecule has 0 saturated heterocycles. The van der Waals surface area contributed by atoms with Crippen molar-refractivity contribution in [1.82, 2.24) is 0 Å². The Morgan fingerprint density at radius 2 is 0.673 bits per heavy atom. The zero-order valence-electron chi connectivity index (χ0n) is 38.6. The van der Waals surface area contributed by atoms with E-state index < -0.39 is 21.4 Å². The standard InChI is InChI=1S/2C18H36O2S.C8H17.C4H9.Sn/c2*1-15(2)11-7-5-9-13-18(21,17(19)20)14-10-6-8-12-16(3)4;1-3-5-7-8-6-4-2;1-3-4-2;/h2*15-16,21H,5-14H2,1-4H3,(H,19,20);1,3-8H2,2H3;1,3-4H2,2H3;/q;;;;+2/p-2. The van der Waals surface area contributed by atoms with Crippen LogP contribution in [0.5, 0.6) is 0 Å². The minimum absolute atomic E-state index is 0.112. The van der Waals surface area contributed by atoms with Crippen LogP contribution in [-0.2, 0) is 9.59 Å². The van der Waals surface area contributed by atoms with Crippen LogP contribution in [0.1, 0.15) is 249 Å². The predicted molar refractivity (Wildman–Crippen MR) is 249 cm³/mol. The molecule has 55 heavy (non-hydrogen) atoms. The summed E-state index contributed by atoms with van der Waals surface area (Å²) in [5.41, 5.74) is 0. The second kappa shape index (κ2) is 41.2. The number of thiol groups is 2. The van der Waals surface area contributed by atoms with E-state index in [1.54, 1.807) is 15.3 Å². The van der Waals surface area contributed by atoms with Crippen LogP contribution >= 0.6 is 25.3 Å². The Bertz CT molecular complexity index is 731. The fraction of sp³-hybridized carbons (Fsp3) is 0.958. The van der Waals surface area contributed by atoms with Crippen molar-refractivity contribution in [1.29, 1.82) is 0 Å². The fourth-order valence-corrected chi connectivity index (χ4v) is 11.2. The Kier molecular flexibility index (Phi) is 44.7. The summed E-state index contributed by atoms with van der Waals surface area (Å²) in [5.74, 6) is 0.943. The first kappa shape index (κ1) is 59.7. The molecule has 0 heterocycles. The quantitative estimate of drug-likeness (QED) is 0.0373. The molecule has 0 aromatic carbocycles. The molecule has 0 aromatic heterocycles. The van der Waals surface area contributed by atoms with Gasteiger partial charge in [0.2, 0.25) is 0 Å². The third-order valence-electron chi connectivity index (χ3n) is 10.7. The first-order valence-electron chi connectivity index (χ1n) is 23.6. The van der Waals surface area contributed by atoms with Crippen molar-refractivity contribution in [3.05, 3.63) is 0 Å². The Balaban J connectivity index is -0.000000760. The molecule has 0 aliphatic heterocycles. The number of unbranched alkanes of at least 4 members (excludes halogenated alkanes) is 14. The molecule has 7 heteroatoms. The summed E-state index contributed by atoms with van der Waals surface area (Å²) in [6.07, 6.45) is 32.2. The summed E-state index contributed by atoms with van der Waals surface area (Å²) in [4.78, 5) is 22.8. The zero-order valence-corrected chi connectivity index (χ0v) is 43.2. The zero-order chi connectivity index (χ0) is 42.4. The van der Waals surface area contributed by atoms with E-state index in [9.17, 15) is 19.8 Å². The van der Waals surface area contributed by atoms with Crippen molar-refractivity contribution in [3.8, 4) is 0 Å². The monoisotopic (exact) mass is 921 g/mol. The van der Waals surface area contributed by atoms with Crippen molar-refractivity contribution < 1.29 is 19.8 Å². The second-order valence-corrected chi connectivity index (χ2v) is 24.5. The molecule has 328 valence electrons. The Labute approximate surface area is 366 Å². The van der Waals surface area contributed by atoms with Gasteiger partial charge in [0.1, 0.15) is 0 Å². The van der Waals surface area contributed by atoms with Gasteiger partial charge in [-0.2, -0.15) is 25.3 Å². The van der Waals surface area contributed by atoms with Gasteiger partial charge in [-0.3, -0.25) is 0 Å². The molecule has 0 aliphatic rings. The number of hydrogen-bond donors (Lipinski definition) is 2. The van der Waals surface area contributed by atoms with E-state index in [1.165, 1.54) is 96.3 Å². The third kappa shape index (κ3) is 43.8. The Morgan fingerprint density at radius 3 is 0.945 bits per heavy atom. The number of carbonyl (C=O) groups is 2. The first-order chi connectivity index (χ1) is 26.0. The van der Waals surface area contributed by atoms with Crippen LogP contribution in [0.4, 0.5) is 0 Å². The van der Waals surface area contributed by atoms with Gasteiger partial charge in [-0.05, 0) is 49.4 Å². The molecular formula is C48H96O4S2Sn. The Hall–Kier alpha value is 0.439. The van der Waals surface area contributed by atoms with E-state index in [2.05, 4.69) is 94.5 Å². The van der Waals surface area contributed by atoms with Gasteiger partial charge in [-0.1, -0.05) is 158 Å². The van der Waals surface area contributed by atoms with Crippen LogP contribution in [0.25, 0.3) is 0 Å². The van der Waals surface area contributed by atoms with E-state index in [4.69, 9.17) is 0 Å². The van der Waals surface area contributed by atoms with Crippen LogP contribution < -0.4 is 10.2 Å². The third-order valence-corrected chi connectivity index (χ3v) is 16.0. The molecule has 0 amide bonds. The van der Waals surface area contributed by atoms with Crippen LogP contribution in [0.2, 0.25) is 8.87 Å². The average molecular weight is 920 g/mol. The molecule has 0 fully saturated rings. The molecule has 4 nitrogen and oxygen atoms in total. The summed E-state index contributed by atoms with van der Waals surface area (Å²) in [6, 6.07) is 0. The van der Waals surface area contributed by atoms with Crippen molar-refractivity contribution in [3.63, 3.8) is 0 Å². The minimum atomic E-state index is -0.987. The molecule has 0 atom stereocenters. The van der Waals surface area contributed by atoms with Gasteiger partial charge < -0.3 is 19.8 Å². The molecule has 0 aromatic rings. The average Bonchev–Trinajstić information content (AvgIpc) is 3.10. The molecular weight excluding hydrogens is 823 g/mol. The van der Waals surface area contributed by atoms with Gasteiger partial charge in [0.05, 0.1) is 21.4 Å². The second-order valence-electron chi connectivity index (χ2n) is 18.5. The van der Waals surface area contributed by atoms with Crippen LogP contribution in [0.15, 0.2) is 0 Å². The molecule has 0 N–H and O–H groups in total. The van der Waals surface area contributed by atoms with Crippen molar-refractivity contribution >= 4 is 58.3 Å². The van der Waals surface area contributed by atoms with Gasteiger partial charge in [-0.15, -0.1) is 0 Å². The van der Waals surface area contributed by atoms with E-state index in [-0.39, 0.29) is 21.1 Å². The molecule has 0 aliphatic carbocycles. The molecule has 0 unspecified atom stereocenters. The summed E-state index contributed by atoms with van der Waals surface area (Å²) in [7, 11) is 0. The summed E-state index contributed by atoms with van der Waals surface area (Å²) in [5, 5.41) is 22.8. The van der Waals surface area contributed by atoms with Crippen molar-refractivity contribution in [2.75, 3.05) is 0 Å². The maximum atomic E-state index is 11.4. The van der Waals surface area contributed by atoms with E-state index >= 15 is 0 Å². The first-order valence-corrected chi connectivity index (χ1v) is 28.5. The molecule has 0 bridgehead atoms. The number of aliphatic carboxylic acids is 2. The molecule has 0 rings (SSSR count). The summed E-state index contributed by atoms with van der Waals surface area (Å²) < 4.78 is 1.44. The molecule has 0 spiro atoms.